The SMILES string of the molecule is CCNc1cc(C(=O)N(C)Cc2ccsc2)cc(CC)n1. The molecule has 1 N–H and O–H groups in total. The molecule has 0 radical (unpaired) electrons. The molecule has 112 valence electrons. The zero-order valence-electron chi connectivity index (χ0n) is 12.7. The molecule has 5 heteroatoms. The first-order valence-electron chi connectivity index (χ1n) is 7.15. The maximum Gasteiger partial charge on any atom is 0.254 e. The van der Waals surface area contributed by atoms with Crippen LogP contribution in [0.25, 0.3) is 0 Å². The zero-order chi connectivity index (χ0) is 15.2. The van der Waals surface area contributed by atoms with Gasteiger partial charge in [-0.05, 0) is 47.9 Å². The third-order valence-corrected chi connectivity index (χ3v) is 3.92. The molecule has 4 nitrogen and oxygen atoms in total. The molecular formula is C16H21N3OS. The predicted molar refractivity (Wildman–Crippen MR) is 87.9 cm³/mol. The van der Waals surface area contributed by atoms with Crippen molar-refractivity contribution in [2.24, 2.45) is 0 Å². The van der Waals surface area contributed by atoms with Crippen molar-refractivity contribution in [2.45, 2.75) is 26.8 Å². The van der Waals surface area contributed by atoms with E-state index in [1.165, 1.54) is 0 Å². The average Bonchev–Trinajstić information content (AvgIpc) is 2.99. The molecule has 0 saturated carbocycles. The number of aromatic nitrogens is 1. The van der Waals surface area contributed by atoms with E-state index in [9.17, 15) is 4.79 Å². The molecule has 0 bridgehead atoms. The Balaban J connectivity index is 2.18. The number of carbonyl (C=O) groups excluding carboxylic acids is 1. The molecule has 1 amide bonds. The second-order valence-electron chi connectivity index (χ2n) is 4.91. The van der Waals surface area contributed by atoms with Gasteiger partial charge in [0.05, 0.1) is 0 Å². The lowest BCUT2D eigenvalue weighted by atomic mass is 10.1. The number of carbonyl (C=O) groups is 1. The molecule has 0 aliphatic heterocycles. The first-order valence-corrected chi connectivity index (χ1v) is 8.09. The molecule has 0 fully saturated rings. The van der Waals surface area contributed by atoms with E-state index in [1.807, 2.05) is 44.5 Å². The normalized spacial score (nSPS) is 10.4. The van der Waals surface area contributed by atoms with Crippen LogP contribution >= 0.6 is 11.3 Å². The third kappa shape index (κ3) is 4.04. The lowest BCUT2D eigenvalue weighted by molar-refractivity contribution is 0.0785. The van der Waals surface area contributed by atoms with Crippen LogP contribution in [0.3, 0.4) is 0 Å². The summed E-state index contributed by atoms with van der Waals surface area (Å²) in [6, 6.07) is 5.75. The summed E-state index contributed by atoms with van der Waals surface area (Å²) in [6.45, 7) is 5.48. The summed E-state index contributed by atoms with van der Waals surface area (Å²) >= 11 is 1.65. The van der Waals surface area contributed by atoms with Gasteiger partial charge in [-0.2, -0.15) is 11.3 Å². The van der Waals surface area contributed by atoms with E-state index in [2.05, 4.69) is 15.7 Å². The molecule has 0 saturated heterocycles. The zero-order valence-corrected chi connectivity index (χ0v) is 13.5. The number of anilines is 1. The Hall–Kier alpha value is -1.88. The largest absolute Gasteiger partial charge is 0.370 e. The number of aryl methyl sites for hydroxylation is 1. The van der Waals surface area contributed by atoms with Crippen molar-refractivity contribution < 1.29 is 4.79 Å². The summed E-state index contributed by atoms with van der Waals surface area (Å²) in [4.78, 5) is 18.8. The van der Waals surface area contributed by atoms with Crippen molar-refractivity contribution in [3.05, 3.63) is 45.8 Å². The minimum absolute atomic E-state index is 0.0254. The number of pyridine rings is 1. The van der Waals surface area contributed by atoms with Crippen molar-refractivity contribution in [1.82, 2.24) is 9.88 Å². The Bertz CT molecular complexity index is 596. The van der Waals surface area contributed by atoms with Crippen molar-refractivity contribution in [2.75, 3.05) is 18.9 Å². The van der Waals surface area contributed by atoms with Gasteiger partial charge in [-0.1, -0.05) is 6.92 Å². The molecule has 0 spiro atoms. The molecule has 21 heavy (non-hydrogen) atoms. The Labute approximate surface area is 129 Å². The molecule has 2 aromatic heterocycles. The Morgan fingerprint density at radius 3 is 2.81 bits per heavy atom. The van der Waals surface area contributed by atoms with Crippen LogP contribution in [-0.4, -0.2) is 29.4 Å². The van der Waals surface area contributed by atoms with E-state index >= 15 is 0 Å². The number of amides is 1. The Morgan fingerprint density at radius 2 is 2.19 bits per heavy atom. The first kappa shape index (κ1) is 15.5. The number of rotatable bonds is 6. The molecule has 0 aliphatic rings. The van der Waals surface area contributed by atoms with Crippen LogP contribution in [0.2, 0.25) is 0 Å². The van der Waals surface area contributed by atoms with Crippen molar-refractivity contribution in [3.63, 3.8) is 0 Å². The van der Waals surface area contributed by atoms with Gasteiger partial charge in [-0.15, -0.1) is 0 Å². The minimum Gasteiger partial charge on any atom is -0.370 e. The topological polar surface area (TPSA) is 45.2 Å². The highest BCUT2D eigenvalue weighted by Gasteiger charge is 2.14. The molecule has 2 aromatic rings. The summed E-state index contributed by atoms with van der Waals surface area (Å²) in [5, 5.41) is 7.28. The van der Waals surface area contributed by atoms with Gasteiger partial charge >= 0.3 is 0 Å². The molecular weight excluding hydrogens is 282 g/mol. The predicted octanol–water partition coefficient (Wildman–Crippen LogP) is 3.41. The molecule has 2 rings (SSSR count). The molecule has 2 heterocycles. The van der Waals surface area contributed by atoms with E-state index in [-0.39, 0.29) is 5.91 Å². The second-order valence-corrected chi connectivity index (χ2v) is 5.69. The number of hydrogen-bond donors (Lipinski definition) is 1. The lowest BCUT2D eigenvalue weighted by Gasteiger charge is -2.17. The fraction of sp³-hybridized carbons (Fsp3) is 0.375. The first-order chi connectivity index (χ1) is 10.1. The van der Waals surface area contributed by atoms with Crippen LogP contribution in [0.4, 0.5) is 5.82 Å². The standard InChI is InChI=1S/C16H21N3OS/c1-4-14-8-13(9-15(18-14)17-5-2)16(20)19(3)10-12-6-7-21-11-12/h6-9,11H,4-5,10H2,1-3H3,(H,17,18). The van der Waals surface area contributed by atoms with Gasteiger partial charge in [0.2, 0.25) is 0 Å². The highest BCUT2D eigenvalue weighted by atomic mass is 32.1. The second kappa shape index (κ2) is 7.22. The molecule has 0 aromatic carbocycles. The number of thiophene rings is 1. The van der Waals surface area contributed by atoms with Crippen LogP contribution < -0.4 is 5.32 Å². The maximum atomic E-state index is 12.6. The van der Waals surface area contributed by atoms with Crippen molar-refractivity contribution >= 4 is 23.1 Å². The van der Waals surface area contributed by atoms with Crippen LogP contribution in [-0.2, 0) is 13.0 Å². The molecule has 0 atom stereocenters. The smallest absolute Gasteiger partial charge is 0.254 e. The summed E-state index contributed by atoms with van der Waals surface area (Å²) in [5.41, 5.74) is 2.78. The maximum absolute atomic E-state index is 12.6. The van der Waals surface area contributed by atoms with Crippen molar-refractivity contribution in [1.29, 1.82) is 0 Å². The minimum atomic E-state index is 0.0254. The van der Waals surface area contributed by atoms with E-state index in [4.69, 9.17) is 0 Å². The van der Waals surface area contributed by atoms with Crippen LogP contribution in [0.1, 0.15) is 35.5 Å². The van der Waals surface area contributed by atoms with Crippen LogP contribution in [0.5, 0.6) is 0 Å². The van der Waals surface area contributed by atoms with Gasteiger partial charge in [0, 0.05) is 31.4 Å². The van der Waals surface area contributed by atoms with Gasteiger partial charge in [-0.25, -0.2) is 4.98 Å². The summed E-state index contributed by atoms with van der Waals surface area (Å²) in [6.07, 6.45) is 0.813. The van der Waals surface area contributed by atoms with Gasteiger partial charge in [0.1, 0.15) is 5.82 Å². The molecule has 0 aliphatic carbocycles. The summed E-state index contributed by atoms with van der Waals surface area (Å²) < 4.78 is 0. The fourth-order valence-corrected chi connectivity index (χ4v) is 2.77. The Kier molecular flexibility index (Phi) is 5.33. The van der Waals surface area contributed by atoms with Gasteiger partial charge < -0.3 is 10.2 Å². The summed E-state index contributed by atoms with van der Waals surface area (Å²) in [7, 11) is 1.83. The fourth-order valence-electron chi connectivity index (χ4n) is 2.11. The number of nitrogens with one attached hydrogen (secondary N) is 1. The quantitative estimate of drug-likeness (QED) is 0.889. The third-order valence-electron chi connectivity index (χ3n) is 3.19. The monoisotopic (exact) mass is 303 g/mol. The van der Waals surface area contributed by atoms with E-state index in [0.717, 1.165) is 30.0 Å². The highest BCUT2D eigenvalue weighted by molar-refractivity contribution is 7.07. The van der Waals surface area contributed by atoms with Gasteiger partial charge in [-0.3, -0.25) is 4.79 Å². The highest BCUT2D eigenvalue weighted by Crippen LogP contribution is 2.15. The summed E-state index contributed by atoms with van der Waals surface area (Å²) in [5.74, 6) is 0.793. The van der Waals surface area contributed by atoms with Crippen molar-refractivity contribution in [3.8, 4) is 0 Å². The number of nitrogens with zero attached hydrogens (tertiary/aromatic N) is 2. The molecule has 0 unspecified atom stereocenters. The van der Waals surface area contributed by atoms with Crippen LogP contribution in [0.15, 0.2) is 29.0 Å². The average molecular weight is 303 g/mol. The number of hydrogen-bond acceptors (Lipinski definition) is 4. The van der Waals surface area contributed by atoms with Gasteiger partial charge in [0.25, 0.3) is 5.91 Å². The van der Waals surface area contributed by atoms with Crippen LogP contribution in [0, 0.1) is 0 Å². The lowest BCUT2D eigenvalue weighted by Crippen LogP contribution is -2.26. The van der Waals surface area contributed by atoms with Gasteiger partial charge in [0.15, 0.2) is 0 Å². The van der Waals surface area contributed by atoms with E-state index in [1.54, 1.807) is 16.2 Å². The van der Waals surface area contributed by atoms with E-state index < -0.39 is 0 Å². The Morgan fingerprint density at radius 1 is 1.38 bits per heavy atom. The van der Waals surface area contributed by atoms with E-state index in [0.29, 0.717) is 12.1 Å².